The molecular formula is C22H20ClNO3. The molecule has 1 amide bonds. The maximum absolute atomic E-state index is 12.8. The fraction of sp³-hybridized carbons (Fsp3) is 0.136. The number of benzene rings is 3. The van der Waals surface area contributed by atoms with Crippen LogP contribution in [0.4, 0.5) is 5.69 Å². The van der Waals surface area contributed by atoms with Gasteiger partial charge in [0, 0.05) is 5.02 Å². The Hall–Kier alpha value is -2.98. The van der Waals surface area contributed by atoms with Crippen LogP contribution in [-0.4, -0.2) is 12.5 Å². The molecule has 1 N–H and O–H groups in total. The topological polar surface area (TPSA) is 47.6 Å². The summed E-state index contributed by atoms with van der Waals surface area (Å²) in [5.74, 6) is 1.43. The second-order valence-corrected chi connectivity index (χ2v) is 6.29. The average Bonchev–Trinajstić information content (AvgIpc) is 2.69. The van der Waals surface area contributed by atoms with Crippen molar-refractivity contribution in [3.05, 3.63) is 83.4 Å². The van der Waals surface area contributed by atoms with Gasteiger partial charge >= 0.3 is 0 Å². The van der Waals surface area contributed by atoms with Crippen molar-refractivity contribution in [2.75, 3.05) is 11.9 Å². The normalized spacial score (nSPS) is 10.3. The molecule has 0 spiro atoms. The molecule has 3 aromatic carbocycles. The smallest absolute Gasteiger partial charge is 0.259 e. The van der Waals surface area contributed by atoms with Crippen LogP contribution in [0.5, 0.6) is 17.2 Å². The van der Waals surface area contributed by atoms with E-state index >= 15 is 0 Å². The number of rotatable bonds is 7. The number of hydrogen-bond donors (Lipinski definition) is 1. The molecule has 4 nitrogen and oxygen atoms in total. The summed E-state index contributed by atoms with van der Waals surface area (Å²) in [6.07, 6.45) is 0.845. The lowest BCUT2D eigenvalue weighted by atomic mass is 10.1. The number of amides is 1. The third kappa shape index (κ3) is 5.02. The first-order valence-electron chi connectivity index (χ1n) is 8.73. The molecule has 0 radical (unpaired) electrons. The third-order valence-electron chi connectivity index (χ3n) is 3.75. The molecule has 0 aliphatic rings. The summed E-state index contributed by atoms with van der Waals surface area (Å²) in [6.45, 7) is 2.53. The molecular weight excluding hydrogens is 362 g/mol. The molecule has 0 aliphatic heterocycles. The minimum Gasteiger partial charge on any atom is -0.493 e. The number of nitrogens with one attached hydrogen (secondary N) is 1. The van der Waals surface area contributed by atoms with Crippen LogP contribution in [0.3, 0.4) is 0 Å². The van der Waals surface area contributed by atoms with Gasteiger partial charge in [-0.25, -0.2) is 0 Å². The summed E-state index contributed by atoms with van der Waals surface area (Å²) < 4.78 is 11.6. The lowest BCUT2D eigenvalue weighted by molar-refractivity contribution is 0.102. The van der Waals surface area contributed by atoms with E-state index in [2.05, 4.69) is 5.32 Å². The van der Waals surface area contributed by atoms with Crippen LogP contribution in [0.1, 0.15) is 23.7 Å². The first kappa shape index (κ1) is 18.8. The van der Waals surface area contributed by atoms with Crippen molar-refractivity contribution in [2.45, 2.75) is 13.3 Å². The highest BCUT2D eigenvalue weighted by atomic mass is 35.5. The Morgan fingerprint density at radius 1 is 0.963 bits per heavy atom. The van der Waals surface area contributed by atoms with Crippen molar-refractivity contribution >= 4 is 23.2 Å². The summed E-state index contributed by atoms with van der Waals surface area (Å²) in [5.41, 5.74) is 0.943. The van der Waals surface area contributed by atoms with Crippen molar-refractivity contribution in [1.82, 2.24) is 0 Å². The quantitative estimate of drug-likeness (QED) is 0.532. The van der Waals surface area contributed by atoms with E-state index in [1.165, 1.54) is 0 Å². The van der Waals surface area contributed by atoms with E-state index in [1.54, 1.807) is 30.3 Å². The SMILES string of the molecule is CCCOc1ccc(Cl)cc1C(=O)Nc1ccccc1Oc1ccccc1. The van der Waals surface area contributed by atoms with Crippen LogP contribution in [0.15, 0.2) is 72.8 Å². The predicted molar refractivity (Wildman–Crippen MR) is 108 cm³/mol. The number of halogens is 1. The molecule has 3 aromatic rings. The number of carbonyl (C=O) groups excluding carboxylic acids is 1. The summed E-state index contributed by atoms with van der Waals surface area (Å²) >= 11 is 6.08. The zero-order chi connectivity index (χ0) is 19.1. The molecule has 138 valence electrons. The Morgan fingerprint density at radius 3 is 2.48 bits per heavy atom. The van der Waals surface area contributed by atoms with Crippen molar-refractivity contribution in [2.24, 2.45) is 0 Å². The van der Waals surface area contributed by atoms with Crippen LogP contribution < -0.4 is 14.8 Å². The molecule has 3 rings (SSSR count). The molecule has 0 saturated heterocycles. The van der Waals surface area contributed by atoms with E-state index in [0.29, 0.717) is 40.1 Å². The Labute approximate surface area is 163 Å². The molecule has 0 bridgehead atoms. The zero-order valence-electron chi connectivity index (χ0n) is 14.9. The van der Waals surface area contributed by atoms with E-state index in [4.69, 9.17) is 21.1 Å². The van der Waals surface area contributed by atoms with Crippen molar-refractivity contribution in [3.63, 3.8) is 0 Å². The van der Waals surface area contributed by atoms with E-state index in [1.807, 2.05) is 49.4 Å². The lowest BCUT2D eigenvalue weighted by Crippen LogP contribution is -2.14. The monoisotopic (exact) mass is 381 g/mol. The summed E-state index contributed by atoms with van der Waals surface area (Å²) in [5, 5.41) is 3.36. The lowest BCUT2D eigenvalue weighted by Gasteiger charge is -2.14. The van der Waals surface area contributed by atoms with E-state index in [-0.39, 0.29) is 5.91 Å². The van der Waals surface area contributed by atoms with E-state index < -0.39 is 0 Å². The van der Waals surface area contributed by atoms with Gasteiger partial charge in [-0.05, 0) is 48.9 Å². The van der Waals surface area contributed by atoms with Crippen molar-refractivity contribution in [3.8, 4) is 17.2 Å². The van der Waals surface area contributed by atoms with Crippen LogP contribution in [0.25, 0.3) is 0 Å². The molecule has 0 aromatic heterocycles. The van der Waals surface area contributed by atoms with Gasteiger partial charge < -0.3 is 14.8 Å². The standard InChI is InChI=1S/C22H20ClNO3/c1-2-14-26-20-13-12-16(23)15-18(20)22(25)24-19-10-6-7-11-21(19)27-17-8-4-3-5-9-17/h3-13,15H,2,14H2,1H3,(H,24,25). The fourth-order valence-corrected chi connectivity index (χ4v) is 2.65. The maximum atomic E-state index is 12.8. The minimum absolute atomic E-state index is 0.312. The second-order valence-electron chi connectivity index (χ2n) is 5.85. The van der Waals surface area contributed by atoms with Gasteiger partial charge in [-0.15, -0.1) is 0 Å². The molecule has 27 heavy (non-hydrogen) atoms. The Bertz CT molecular complexity index is 912. The van der Waals surface area contributed by atoms with Gasteiger partial charge in [0.05, 0.1) is 17.9 Å². The zero-order valence-corrected chi connectivity index (χ0v) is 15.7. The van der Waals surface area contributed by atoms with Gasteiger partial charge in [-0.2, -0.15) is 0 Å². The number of ether oxygens (including phenoxy) is 2. The van der Waals surface area contributed by atoms with Gasteiger partial charge in [0.2, 0.25) is 0 Å². The molecule has 5 heteroatoms. The maximum Gasteiger partial charge on any atom is 0.259 e. The van der Waals surface area contributed by atoms with Gasteiger partial charge in [0.15, 0.2) is 5.75 Å². The number of para-hydroxylation sites is 3. The van der Waals surface area contributed by atoms with Crippen LogP contribution in [-0.2, 0) is 0 Å². The highest BCUT2D eigenvalue weighted by molar-refractivity contribution is 6.31. The highest BCUT2D eigenvalue weighted by Crippen LogP contribution is 2.31. The molecule has 0 unspecified atom stereocenters. The molecule has 0 fully saturated rings. The Balaban J connectivity index is 1.84. The van der Waals surface area contributed by atoms with Crippen LogP contribution in [0.2, 0.25) is 5.02 Å². The Morgan fingerprint density at radius 2 is 1.70 bits per heavy atom. The second kappa shape index (κ2) is 9.10. The summed E-state index contributed by atoms with van der Waals surface area (Å²) in [6, 6.07) is 21.7. The van der Waals surface area contributed by atoms with Crippen molar-refractivity contribution < 1.29 is 14.3 Å². The number of anilines is 1. The van der Waals surface area contributed by atoms with Crippen LogP contribution in [0, 0.1) is 0 Å². The molecule has 0 aliphatic carbocycles. The average molecular weight is 382 g/mol. The minimum atomic E-state index is -0.312. The summed E-state index contributed by atoms with van der Waals surface area (Å²) in [7, 11) is 0. The number of carbonyl (C=O) groups is 1. The van der Waals surface area contributed by atoms with Crippen LogP contribution >= 0.6 is 11.6 Å². The molecule has 0 heterocycles. The summed E-state index contributed by atoms with van der Waals surface area (Å²) in [4.78, 5) is 12.8. The largest absolute Gasteiger partial charge is 0.493 e. The predicted octanol–water partition coefficient (Wildman–Crippen LogP) is 6.17. The van der Waals surface area contributed by atoms with Gasteiger partial charge in [0.1, 0.15) is 11.5 Å². The van der Waals surface area contributed by atoms with Gasteiger partial charge in [-0.3, -0.25) is 4.79 Å². The first-order chi connectivity index (χ1) is 13.2. The molecule has 0 saturated carbocycles. The van der Waals surface area contributed by atoms with Gasteiger partial charge in [-0.1, -0.05) is 48.9 Å². The van der Waals surface area contributed by atoms with Gasteiger partial charge in [0.25, 0.3) is 5.91 Å². The molecule has 0 atom stereocenters. The van der Waals surface area contributed by atoms with E-state index in [0.717, 1.165) is 6.42 Å². The van der Waals surface area contributed by atoms with Crippen molar-refractivity contribution in [1.29, 1.82) is 0 Å². The van der Waals surface area contributed by atoms with E-state index in [9.17, 15) is 4.79 Å². The Kier molecular flexibility index (Phi) is 6.34. The first-order valence-corrected chi connectivity index (χ1v) is 9.11. The fourth-order valence-electron chi connectivity index (χ4n) is 2.48. The highest BCUT2D eigenvalue weighted by Gasteiger charge is 2.16. The number of hydrogen-bond acceptors (Lipinski definition) is 3. The third-order valence-corrected chi connectivity index (χ3v) is 3.99.